The minimum atomic E-state index is -0.206. The van der Waals surface area contributed by atoms with Crippen LogP contribution in [-0.2, 0) is 9.53 Å². The predicted molar refractivity (Wildman–Crippen MR) is 100 cm³/mol. The van der Waals surface area contributed by atoms with Crippen LogP contribution in [0.2, 0.25) is 0 Å². The van der Waals surface area contributed by atoms with E-state index in [1.54, 1.807) is 39.5 Å². The summed E-state index contributed by atoms with van der Waals surface area (Å²) < 4.78 is 20.9. The molecule has 1 amide bonds. The number of carbonyl (C=O) groups is 1. The van der Waals surface area contributed by atoms with Crippen molar-refractivity contribution < 1.29 is 23.7 Å². The number of hydrogen-bond donors (Lipinski definition) is 2. The summed E-state index contributed by atoms with van der Waals surface area (Å²) in [5, 5.41) is 5.87. The largest absolute Gasteiger partial charge is 0.497 e. The van der Waals surface area contributed by atoms with Crippen molar-refractivity contribution in [2.45, 2.75) is 0 Å². The summed E-state index contributed by atoms with van der Waals surface area (Å²) in [6, 6.07) is 12.6. The number of rotatable bonds is 10. The van der Waals surface area contributed by atoms with Gasteiger partial charge in [-0.3, -0.25) is 4.79 Å². The van der Waals surface area contributed by atoms with E-state index in [-0.39, 0.29) is 12.5 Å². The molecule has 26 heavy (non-hydrogen) atoms. The highest BCUT2D eigenvalue weighted by Crippen LogP contribution is 2.28. The molecule has 0 saturated carbocycles. The highest BCUT2D eigenvalue weighted by atomic mass is 16.5. The summed E-state index contributed by atoms with van der Waals surface area (Å²) in [5.41, 5.74) is 1.34. The Bertz CT molecular complexity index is 721. The van der Waals surface area contributed by atoms with Crippen molar-refractivity contribution in [1.29, 1.82) is 0 Å². The third-order valence-corrected chi connectivity index (χ3v) is 3.52. The van der Waals surface area contributed by atoms with Gasteiger partial charge in [-0.05, 0) is 24.3 Å². The Balaban J connectivity index is 1.92. The van der Waals surface area contributed by atoms with Crippen LogP contribution in [0, 0.1) is 0 Å². The van der Waals surface area contributed by atoms with Gasteiger partial charge in [0.15, 0.2) is 0 Å². The van der Waals surface area contributed by atoms with E-state index in [2.05, 4.69) is 10.6 Å². The number of benzene rings is 2. The Morgan fingerprint density at radius 1 is 0.962 bits per heavy atom. The predicted octanol–water partition coefficient (Wildman–Crippen LogP) is 2.78. The van der Waals surface area contributed by atoms with Gasteiger partial charge in [0.1, 0.15) is 23.9 Å². The molecular weight excluding hydrogens is 336 g/mol. The van der Waals surface area contributed by atoms with Gasteiger partial charge in [0.05, 0.1) is 33.1 Å². The van der Waals surface area contributed by atoms with E-state index >= 15 is 0 Å². The van der Waals surface area contributed by atoms with Crippen LogP contribution in [0.25, 0.3) is 0 Å². The molecule has 0 fully saturated rings. The van der Waals surface area contributed by atoms with Crippen LogP contribution in [0.1, 0.15) is 0 Å². The molecule has 2 aromatic carbocycles. The first kappa shape index (κ1) is 19.4. The molecule has 2 rings (SSSR count). The molecule has 0 unspecified atom stereocenters. The monoisotopic (exact) mass is 360 g/mol. The van der Waals surface area contributed by atoms with Gasteiger partial charge in [0.2, 0.25) is 5.91 Å². The lowest BCUT2D eigenvalue weighted by molar-refractivity contribution is -0.114. The van der Waals surface area contributed by atoms with Crippen LogP contribution >= 0.6 is 0 Å². The van der Waals surface area contributed by atoms with Crippen molar-refractivity contribution in [3.05, 3.63) is 42.5 Å². The highest BCUT2D eigenvalue weighted by Gasteiger charge is 2.09. The maximum absolute atomic E-state index is 12.2. The fraction of sp³-hybridized carbons (Fsp3) is 0.316. The molecule has 140 valence electrons. The summed E-state index contributed by atoms with van der Waals surface area (Å²) in [7, 11) is 4.73. The number of hydrogen-bond acceptors (Lipinski definition) is 6. The smallest absolute Gasteiger partial charge is 0.243 e. The van der Waals surface area contributed by atoms with E-state index in [1.807, 2.05) is 24.3 Å². The standard InChI is InChI=1S/C19H24N2O5/c1-23-9-10-26-16-6-4-5-14(11-16)20-13-19(22)21-17-12-15(24-2)7-8-18(17)25-3/h4-8,11-12,20H,9-10,13H2,1-3H3,(H,21,22). The van der Waals surface area contributed by atoms with Gasteiger partial charge in [-0.15, -0.1) is 0 Å². The SMILES string of the molecule is COCCOc1cccc(NCC(=O)Nc2cc(OC)ccc2OC)c1. The Hall–Kier alpha value is -2.93. The maximum Gasteiger partial charge on any atom is 0.243 e. The van der Waals surface area contributed by atoms with E-state index in [0.29, 0.717) is 36.1 Å². The Kier molecular flexibility index (Phi) is 7.57. The Labute approximate surface area is 153 Å². The molecule has 0 heterocycles. The van der Waals surface area contributed by atoms with Crippen molar-refractivity contribution in [1.82, 2.24) is 0 Å². The molecule has 0 saturated heterocycles. The highest BCUT2D eigenvalue weighted by molar-refractivity contribution is 5.95. The van der Waals surface area contributed by atoms with Crippen molar-refractivity contribution in [2.24, 2.45) is 0 Å². The minimum Gasteiger partial charge on any atom is -0.497 e. The topological polar surface area (TPSA) is 78.1 Å². The molecule has 0 aliphatic rings. The van der Waals surface area contributed by atoms with Gasteiger partial charge in [0.25, 0.3) is 0 Å². The normalized spacial score (nSPS) is 10.1. The quantitative estimate of drug-likeness (QED) is 0.635. The summed E-state index contributed by atoms with van der Waals surface area (Å²) >= 11 is 0. The van der Waals surface area contributed by atoms with E-state index in [4.69, 9.17) is 18.9 Å². The second-order valence-electron chi connectivity index (χ2n) is 5.34. The van der Waals surface area contributed by atoms with Crippen LogP contribution in [0.3, 0.4) is 0 Å². The first-order chi connectivity index (χ1) is 12.7. The van der Waals surface area contributed by atoms with Gasteiger partial charge in [-0.1, -0.05) is 6.07 Å². The van der Waals surface area contributed by atoms with Crippen molar-refractivity contribution in [3.63, 3.8) is 0 Å². The molecule has 2 N–H and O–H groups in total. The van der Waals surface area contributed by atoms with Crippen LogP contribution in [0.4, 0.5) is 11.4 Å². The van der Waals surface area contributed by atoms with Crippen LogP contribution in [0.5, 0.6) is 17.2 Å². The molecule has 0 spiro atoms. The lowest BCUT2D eigenvalue weighted by Gasteiger charge is -2.13. The van der Waals surface area contributed by atoms with Crippen LogP contribution in [-0.4, -0.2) is 47.0 Å². The van der Waals surface area contributed by atoms with Crippen LogP contribution < -0.4 is 24.8 Å². The number of ether oxygens (including phenoxy) is 4. The molecule has 0 aliphatic heterocycles. The van der Waals surface area contributed by atoms with Gasteiger partial charge in [-0.2, -0.15) is 0 Å². The minimum absolute atomic E-state index is 0.0991. The fourth-order valence-corrected chi connectivity index (χ4v) is 2.23. The number of carbonyl (C=O) groups excluding carboxylic acids is 1. The van der Waals surface area contributed by atoms with Crippen molar-refractivity contribution >= 4 is 17.3 Å². The second kappa shape index (κ2) is 10.1. The molecule has 0 radical (unpaired) electrons. The Morgan fingerprint density at radius 2 is 1.81 bits per heavy atom. The average Bonchev–Trinajstić information content (AvgIpc) is 2.67. The van der Waals surface area contributed by atoms with Crippen molar-refractivity contribution in [3.8, 4) is 17.2 Å². The zero-order chi connectivity index (χ0) is 18.8. The molecular formula is C19H24N2O5. The lowest BCUT2D eigenvalue weighted by atomic mass is 10.2. The Morgan fingerprint density at radius 3 is 2.54 bits per heavy atom. The third kappa shape index (κ3) is 5.86. The summed E-state index contributed by atoms with van der Waals surface area (Å²) in [4.78, 5) is 12.2. The first-order valence-corrected chi connectivity index (χ1v) is 8.14. The molecule has 0 aromatic heterocycles. The van der Waals surface area contributed by atoms with E-state index in [9.17, 15) is 4.79 Å². The maximum atomic E-state index is 12.2. The molecule has 0 atom stereocenters. The molecule has 0 bridgehead atoms. The van der Waals surface area contributed by atoms with Gasteiger partial charge in [0, 0.05) is 24.9 Å². The number of amides is 1. The van der Waals surface area contributed by atoms with Gasteiger partial charge < -0.3 is 29.6 Å². The van der Waals surface area contributed by atoms with Crippen molar-refractivity contribution in [2.75, 3.05) is 51.7 Å². The zero-order valence-corrected chi connectivity index (χ0v) is 15.2. The second-order valence-corrected chi connectivity index (χ2v) is 5.34. The molecule has 7 heteroatoms. The first-order valence-electron chi connectivity index (χ1n) is 8.14. The number of anilines is 2. The van der Waals surface area contributed by atoms with Gasteiger partial charge >= 0.3 is 0 Å². The number of methoxy groups -OCH3 is 3. The molecule has 0 aliphatic carbocycles. The number of nitrogens with one attached hydrogen (secondary N) is 2. The van der Waals surface area contributed by atoms with Crippen LogP contribution in [0.15, 0.2) is 42.5 Å². The van der Waals surface area contributed by atoms with E-state index < -0.39 is 0 Å². The molecule has 7 nitrogen and oxygen atoms in total. The van der Waals surface area contributed by atoms with Gasteiger partial charge in [-0.25, -0.2) is 0 Å². The third-order valence-electron chi connectivity index (χ3n) is 3.52. The molecule has 2 aromatic rings. The summed E-state index contributed by atoms with van der Waals surface area (Å²) in [6.45, 7) is 1.08. The lowest BCUT2D eigenvalue weighted by Crippen LogP contribution is -2.22. The zero-order valence-electron chi connectivity index (χ0n) is 15.2. The summed E-state index contributed by atoms with van der Waals surface area (Å²) in [5.74, 6) is 1.70. The van der Waals surface area contributed by atoms with E-state index in [1.165, 1.54) is 0 Å². The summed E-state index contributed by atoms with van der Waals surface area (Å²) in [6.07, 6.45) is 0. The fourth-order valence-electron chi connectivity index (χ4n) is 2.23. The van der Waals surface area contributed by atoms with E-state index in [0.717, 1.165) is 5.69 Å². The average molecular weight is 360 g/mol.